The van der Waals surface area contributed by atoms with E-state index >= 15 is 0 Å². The number of aryl methyl sites for hydroxylation is 1. The molecule has 0 fully saturated rings. The number of ketones is 1. The zero-order valence-corrected chi connectivity index (χ0v) is 14.6. The number of carbonyl (C=O) groups excluding carboxylic acids is 1. The molecule has 2 rings (SSSR count). The Hall–Kier alpha value is -1.71. The number of hydrogen-bond donors (Lipinski definition) is 1. The van der Waals surface area contributed by atoms with E-state index in [1.54, 1.807) is 24.3 Å². The molecule has 0 aromatic heterocycles. The molecule has 0 saturated heterocycles. The first-order valence-electron chi connectivity index (χ1n) is 7.44. The van der Waals surface area contributed by atoms with Gasteiger partial charge in [0.1, 0.15) is 5.75 Å². The molecule has 3 nitrogen and oxygen atoms in total. The highest BCUT2D eigenvalue weighted by Gasteiger charge is 2.22. The number of Topliss-reactive ketones (excluding diaryl/α,β-unsaturated/α-hetero) is 1. The van der Waals surface area contributed by atoms with E-state index in [0.717, 1.165) is 12.0 Å². The van der Waals surface area contributed by atoms with Gasteiger partial charge in [-0.2, -0.15) is 0 Å². The molecule has 0 spiro atoms. The van der Waals surface area contributed by atoms with E-state index < -0.39 is 6.10 Å². The van der Waals surface area contributed by atoms with Gasteiger partial charge in [0.25, 0.3) is 0 Å². The molecule has 2 N–H and O–H groups in total. The van der Waals surface area contributed by atoms with Crippen molar-refractivity contribution in [1.29, 1.82) is 0 Å². The minimum Gasteiger partial charge on any atom is -0.480 e. The Bertz CT molecular complexity index is 716. The molecule has 1 unspecified atom stereocenters. The number of anilines is 1. The molecule has 2 aromatic carbocycles. The number of nitrogens with two attached hydrogens (primary N) is 1. The van der Waals surface area contributed by atoms with Crippen LogP contribution in [0.1, 0.15) is 35.7 Å². The van der Waals surface area contributed by atoms with Crippen LogP contribution in [-0.4, -0.2) is 11.9 Å². The lowest BCUT2D eigenvalue weighted by molar-refractivity contribution is 0.0779. The quantitative estimate of drug-likeness (QED) is 0.566. The van der Waals surface area contributed by atoms with Crippen LogP contribution in [0, 0.1) is 6.92 Å². The fraction of sp³-hybridized carbons (Fsp3) is 0.278. The van der Waals surface area contributed by atoms with Gasteiger partial charge in [-0.3, -0.25) is 4.79 Å². The summed E-state index contributed by atoms with van der Waals surface area (Å²) < 4.78 is 5.88. The van der Waals surface area contributed by atoms with E-state index in [1.807, 2.05) is 26.0 Å². The standard InChI is InChI=1S/C18H19Cl2NO2/c1-3-4-17(23-16-8-5-11(2)9-15(16)21)18(22)12-6-7-13(19)14(20)10-12/h5-10,17H,3-4,21H2,1-2H3. The summed E-state index contributed by atoms with van der Waals surface area (Å²) in [5.74, 6) is 0.382. The minimum absolute atomic E-state index is 0.134. The number of benzene rings is 2. The molecule has 23 heavy (non-hydrogen) atoms. The molecule has 0 radical (unpaired) electrons. The number of ether oxygens (including phenoxy) is 1. The van der Waals surface area contributed by atoms with Crippen molar-refractivity contribution in [2.75, 3.05) is 5.73 Å². The number of carbonyl (C=O) groups is 1. The molecule has 122 valence electrons. The highest BCUT2D eigenvalue weighted by Crippen LogP contribution is 2.27. The molecule has 0 amide bonds. The fourth-order valence-corrected chi connectivity index (χ4v) is 2.57. The first-order valence-corrected chi connectivity index (χ1v) is 8.20. The van der Waals surface area contributed by atoms with Gasteiger partial charge in [-0.05, 0) is 49.2 Å². The lowest BCUT2D eigenvalue weighted by Crippen LogP contribution is -2.27. The number of rotatable bonds is 6. The topological polar surface area (TPSA) is 52.3 Å². The predicted molar refractivity (Wildman–Crippen MR) is 95.7 cm³/mol. The van der Waals surface area contributed by atoms with Crippen LogP contribution in [0.4, 0.5) is 5.69 Å². The molecule has 5 heteroatoms. The lowest BCUT2D eigenvalue weighted by atomic mass is 10.0. The zero-order valence-electron chi connectivity index (χ0n) is 13.1. The SMILES string of the molecule is CCCC(Oc1ccc(C)cc1N)C(=O)c1ccc(Cl)c(Cl)c1. The third-order valence-corrected chi connectivity index (χ3v) is 4.22. The summed E-state index contributed by atoms with van der Waals surface area (Å²) in [4.78, 5) is 12.7. The molecule has 1 atom stereocenters. The van der Waals surface area contributed by atoms with Gasteiger partial charge < -0.3 is 10.5 Å². The molecule has 0 saturated carbocycles. The summed E-state index contributed by atoms with van der Waals surface area (Å²) in [5.41, 5.74) is 8.01. The van der Waals surface area contributed by atoms with Crippen LogP contribution in [0.3, 0.4) is 0 Å². The molecule has 0 heterocycles. The van der Waals surface area contributed by atoms with E-state index in [9.17, 15) is 4.79 Å². The van der Waals surface area contributed by atoms with Gasteiger partial charge in [0.15, 0.2) is 6.10 Å². The smallest absolute Gasteiger partial charge is 0.203 e. The lowest BCUT2D eigenvalue weighted by Gasteiger charge is -2.19. The highest BCUT2D eigenvalue weighted by molar-refractivity contribution is 6.42. The molecule has 0 aliphatic carbocycles. The number of halogens is 2. The maximum Gasteiger partial charge on any atom is 0.203 e. The minimum atomic E-state index is -0.609. The van der Waals surface area contributed by atoms with Crippen molar-refractivity contribution >= 4 is 34.7 Å². The summed E-state index contributed by atoms with van der Waals surface area (Å²) in [6.45, 7) is 3.95. The fourth-order valence-electron chi connectivity index (χ4n) is 2.27. The van der Waals surface area contributed by atoms with Crippen molar-refractivity contribution in [1.82, 2.24) is 0 Å². The van der Waals surface area contributed by atoms with E-state index in [4.69, 9.17) is 33.7 Å². The molecule has 0 aliphatic rings. The highest BCUT2D eigenvalue weighted by atomic mass is 35.5. The molecular weight excluding hydrogens is 333 g/mol. The second-order valence-corrected chi connectivity index (χ2v) is 6.24. The average Bonchev–Trinajstić information content (AvgIpc) is 2.51. The van der Waals surface area contributed by atoms with Crippen molar-refractivity contribution in [3.8, 4) is 5.75 Å². The number of nitrogen functional groups attached to an aromatic ring is 1. The van der Waals surface area contributed by atoms with E-state index in [0.29, 0.717) is 33.5 Å². The van der Waals surface area contributed by atoms with Crippen LogP contribution in [0.2, 0.25) is 10.0 Å². The Labute approximate surface area is 146 Å². The predicted octanol–water partition coefficient (Wildman–Crippen LogP) is 5.31. The molecule has 2 aromatic rings. The van der Waals surface area contributed by atoms with Crippen molar-refractivity contribution in [2.24, 2.45) is 0 Å². The van der Waals surface area contributed by atoms with Gasteiger partial charge in [-0.15, -0.1) is 0 Å². The van der Waals surface area contributed by atoms with Crippen LogP contribution in [0.5, 0.6) is 5.75 Å². The zero-order chi connectivity index (χ0) is 17.0. The largest absolute Gasteiger partial charge is 0.480 e. The third kappa shape index (κ3) is 4.40. The van der Waals surface area contributed by atoms with Gasteiger partial charge in [-0.1, -0.05) is 42.6 Å². The molecular formula is C18H19Cl2NO2. The van der Waals surface area contributed by atoms with Crippen molar-refractivity contribution < 1.29 is 9.53 Å². The summed E-state index contributed by atoms with van der Waals surface area (Å²) in [6, 6.07) is 10.3. The van der Waals surface area contributed by atoms with Crippen molar-refractivity contribution in [3.05, 3.63) is 57.6 Å². The summed E-state index contributed by atoms with van der Waals surface area (Å²) in [6.07, 6.45) is 0.790. The Balaban J connectivity index is 2.26. The second kappa shape index (κ2) is 7.71. The van der Waals surface area contributed by atoms with Crippen LogP contribution in [0.25, 0.3) is 0 Å². The van der Waals surface area contributed by atoms with E-state index in [-0.39, 0.29) is 5.78 Å². The van der Waals surface area contributed by atoms with Gasteiger partial charge >= 0.3 is 0 Å². The Morgan fingerprint density at radius 3 is 2.52 bits per heavy atom. The summed E-state index contributed by atoms with van der Waals surface area (Å²) in [7, 11) is 0. The Morgan fingerprint density at radius 1 is 1.17 bits per heavy atom. The van der Waals surface area contributed by atoms with Gasteiger partial charge in [0.05, 0.1) is 15.7 Å². The normalized spacial score (nSPS) is 12.0. The first-order chi connectivity index (χ1) is 10.9. The second-order valence-electron chi connectivity index (χ2n) is 5.43. The van der Waals surface area contributed by atoms with Gasteiger partial charge in [0, 0.05) is 5.56 Å². The number of hydrogen-bond acceptors (Lipinski definition) is 3. The Kier molecular flexibility index (Phi) is 5.91. The average molecular weight is 352 g/mol. The maximum atomic E-state index is 12.7. The van der Waals surface area contributed by atoms with Crippen LogP contribution in [0.15, 0.2) is 36.4 Å². The van der Waals surface area contributed by atoms with Crippen LogP contribution in [-0.2, 0) is 0 Å². The van der Waals surface area contributed by atoms with Gasteiger partial charge in [0.2, 0.25) is 5.78 Å². The first kappa shape index (κ1) is 17.6. The van der Waals surface area contributed by atoms with E-state index in [1.165, 1.54) is 0 Å². The van der Waals surface area contributed by atoms with Crippen molar-refractivity contribution in [3.63, 3.8) is 0 Å². The molecule has 0 bridgehead atoms. The monoisotopic (exact) mass is 351 g/mol. The Morgan fingerprint density at radius 2 is 1.91 bits per heavy atom. The van der Waals surface area contributed by atoms with Crippen LogP contribution < -0.4 is 10.5 Å². The maximum absolute atomic E-state index is 12.7. The summed E-state index contributed by atoms with van der Waals surface area (Å²) >= 11 is 11.9. The summed E-state index contributed by atoms with van der Waals surface area (Å²) in [5, 5.41) is 0.765. The third-order valence-electron chi connectivity index (χ3n) is 3.48. The van der Waals surface area contributed by atoms with E-state index in [2.05, 4.69) is 0 Å². The van der Waals surface area contributed by atoms with Crippen LogP contribution >= 0.6 is 23.2 Å². The molecule has 0 aliphatic heterocycles. The van der Waals surface area contributed by atoms with Crippen molar-refractivity contribution in [2.45, 2.75) is 32.8 Å². The van der Waals surface area contributed by atoms with Gasteiger partial charge in [-0.25, -0.2) is 0 Å².